The first-order chi connectivity index (χ1) is 9.72. The van der Waals surface area contributed by atoms with Gasteiger partial charge in [-0.15, -0.1) is 0 Å². The summed E-state index contributed by atoms with van der Waals surface area (Å²) in [5.74, 6) is 1.24. The van der Waals surface area contributed by atoms with Crippen LogP contribution in [0.4, 0.5) is 0 Å². The highest BCUT2D eigenvalue weighted by atomic mass is 32.1. The number of fused-ring (bicyclic) bond motifs is 1. The molecule has 20 heavy (non-hydrogen) atoms. The molecule has 0 fully saturated rings. The fraction of sp³-hybridized carbons (Fsp3) is 0.267. The highest BCUT2D eigenvalue weighted by molar-refractivity contribution is 7.80. The van der Waals surface area contributed by atoms with Crippen LogP contribution in [0.15, 0.2) is 30.6 Å². The van der Waals surface area contributed by atoms with E-state index in [2.05, 4.69) is 22.1 Å². The molecule has 0 saturated carbocycles. The maximum Gasteiger partial charge on any atom is 0.237 e. The third-order valence-corrected chi connectivity index (χ3v) is 3.63. The molecule has 1 aromatic heterocycles. The van der Waals surface area contributed by atoms with Gasteiger partial charge >= 0.3 is 0 Å². The molecule has 0 aliphatic heterocycles. The number of aryl methyl sites for hydroxylation is 2. The van der Waals surface area contributed by atoms with E-state index in [1.807, 2.05) is 6.07 Å². The van der Waals surface area contributed by atoms with E-state index in [0.717, 1.165) is 18.6 Å². The molecule has 0 bridgehead atoms. The third-order valence-electron chi connectivity index (χ3n) is 3.42. The van der Waals surface area contributed by atoms with Crippen molar-refractivity contribution < 1.29 is 4.74 Å². The number of hydrogen-bond acceptors (Lipinski definition) is 4. The maximum atomic E-state index is 5.72. The lowest BCUT2D eigenvalue weighted by Crippen LogP contribution is -2.11. The lowest BCUT2D eigenvalue weighted by Gasteiger charge is -2.16. The van der Waals surface area contributed by atoms with Gasteiger partial charge < -0.3 is 10.5 Å². The van der Waals surface area contributed by atoms with E-state index >= 15 is 0 Å². The first kappa shape index (κ1) is 13.0. The molecule has 102 valence electrons. The van der Waals surface area contributed by atoms with Gasteiger partial charge in [0.25, 0.3) is 0 Å². The minimum atomic E-state index is 0.234. The molecule has 0 spiro atoms. The molecule has 2 N–H and O–H groups in total. The molecule has 4 nitrogen and oxygen atoms in total. The molecule has 1 heterocycles. The van der Waals surface area contributed by atoms with Crippen molar-refractivity contribution in [2.24, 2.45) is 5.73 Å². The zero-order valence-corrected chi connectivity index (χ0v) is 11.8. The Hall–Kier alpha value is -2.01. The van der Waals surface area contributed by atoms with E-state index in [9.17, 15) is 0 Å². The van der Waals surface area contributed by atoms with Crippen molar-refractivity contribution >= 4 is 17.2 Å². The normalized spacial score (nSPS) is 13.6. The van der Waals surface area contributed by atoms with Crippen molar-refractivity contribution in [3.8, 4) is 11.6 Å². The Morgan fingerprint density at radius 3 is 2.60 bits per heavy atom. The van der Waals surface area contributed by atoms with Gasteiger partial charge in [0, 0.05) is 0 Å². The molecule has 0 atom stereocenters. The van der Waals surface area contributed by atoms with Crippen molar-refractivity contribution in [2.75, 3.05) is 0 Å². The molecule has 5 heteroatoms. The van der Waals surface area contributed by atoms with Gasteiger partial charge in [-0.1, -0.05) is 18.3 Å². The summed E-state index contributed by atoms with van der Waals surface area (Å²) in [6, 6.07) is 6.21. The average Bonchev–Trinajstić information content (AvgIpc) is 2.48. The van der Waals surface area contributed by atoms with E-state index in [4.69, 9.17) is 22.7 Å². The second-order valence-corrected chi connectivity index (χ2v) is 5.28. The fourth-order valence-corrected chi connectivity index (χ4v) is 2.50. The minimum absolute atomic E-state index is 0.234. The number of ether oxygens (including phenoxy) is 1. The van der Waals surface area contributed by atoms with Gasteiger partial charge in [-0.05, 0) is 48.9 Å². The van der Waals surface area contributed by atoms with Crippen LogP contribution in [-0.2, 0) is 12.8 Å². The molecule has 0 radical (unpaired) electrons. The first-order valence-corrected chi connectivity index (χ1v) is 7.05. The van der Waals surface area contributed by atoms with Gasteiger partial charge in [0.1, 0.15) is 16.4 Å². The Balaban J connectivity index is 1.78. The Kier molecular flexibility index (Phi) is 3.60. The summed E-state index contributed by atoms with van der Waals surface area (Å²) in [6.45, 7) is 0. The van der Waals surface area contributed by atoms with Gasteiger partial charge in [0.05, 0.1) is 12.4 Å². The van der Waals surface area contributed by atoms with Crippen molar-refractivity contribution in [3.63, 3.8) is 0 Å². The Morgan fingerprint density at radius 2 is 1.90 bits per heavy atom. The molecule has 1 aromatic carbocycles. The lowest BCUT2D eigenvalue weighted by molar-refractivity contribution is 0.458. The van der Waals surface area contributed by atoms with E-state index < -0.39 is 0 Å². The number of aromatic nitrogens is 2. The molecule has 2 aromatic rings. The molecule has 3 rings (SSSR count). The summed E-state index contributed by atoms with van der Waals surface area (Å²) in [4.78, 5) is 8.50. The largest absolute Gasteiger partial charge is 0.437 e. The summed E-state index contributed by atoms with van der Waals surface area (Å²) < 4.78 is 5.72. The topological polar surface area (TPSA) is 61.0 Å². The summed E-state index contributed by atoms with van der Waals surface area (Å²) in [6.07, 6.45) is 7.87. The number of rotatable bonds is 3. The second-order valence-electron chi connectivity index (χ2n) is 4.84. The van der Waals surface area contributed by atoms with Crippen LogP contribution in [0.5, 0.6) is 11.6 Å². The van der Waals surface area contributed by atoms with E-state index in [1.54, 1.807) is 0 Å². The molecule has 0 saturated heterocycles. The van der Waals surface area contributed by atoms with Crippen LogP contribution in [0.1, 0.15) is 29.7 Å². The Morgan fingerprint density at radius 1 is 1.10 bits per heavy atom. The first-order valence-electron chi connectivity index (χ1n) is 6.64. The maximum absolute atomic E-state index is 5.72. The molecule has 0 amide bonds. The quantitative estimate of drug-likeness (QED) is 0.879. The van der Waals surface area contributed by atoms with Crippen molar-refractivity contribution in [2.45, 2.75) is 25.7 Å². The van der Waals surface area contributed by atoms with Gasteiger partial charge in [0.15, 0.2) is 0 Å². The van der Waals surface area contributed by atoms with Crippen LogP contribution in [0, 0.1) is 0 Å². The molecular formula is C15H15N3OS. The standard InChI is InChI=1S/C15H15N3OS/c16-15(20)13-8-18-14(9-17-13)19-12-6-5-10-3-1-2-4-11(10)7-12/h5-9H,1-4H2,(H2,16,20). The highest BCUT2D eigenvalue weighted by Crippen LogP contribution is 2.27. The van der Waals surface area contributed by atoms with Gasteiger partial charge in [-0.25, -0.2) is 9.97 Å². The van der Waals surface area contributed by atoms with Crippen LogP contribution in [0.3, 0.4) is 0 Å². The average molecular weight is 285 g/mol. The smallest absolute Gasteiger partial charge is 0.237 e. The zero-order chi connectivity index (χ0) is 13.9. The summed E-state index contributed by atoms with van der Waals surface area (Å²) >= 11 is 4.84. The number of benzene rings is 1. The number of thiocarbonyl (C=S) groups is 1. The van der Waals surface area contributed by atoms with Crippen molar-refractivity contribution in [1.29, 1.82) is 0 Å². The van der Waals surface area contributed by atoms with E-state index in [1.165, 1.54) is 36.4 Å². The molecule has 0 unspecified atom stereocenters. The predicted molar refractivity (Wildman–Crippen MR) is 81.1 cm³/mol. The van der Waals surface area contributed by atoms with Gasteiger partial charge in [-0.3, -0.25) is 0 Å². The second kappa shape index (κ2) is 5.54. The molecule has 1 aliphatic rings. The van der Waals surface area contributed by atoms with Gasteiger partial charge in [-0.2, -0.15) is 0 Å². The van der Waals surface area contributed by atoms with E-state index in [0.29, 0.717) is 11.6 Å². The SMILES string of the molecule is NC(=S)c1cnc(Oc2ccc3c(c2)CCCC3)cn1. The number of nitrogens with two attached hydrogens (primary N) is 1. The van der Waals surface area contributed by atoms with Crippen LogP contribution >= 0.6 is 12.2 Å². The highest BCUT2D eigenvalue weighted by Gasteiger charge is 2.10. The van der Waals surface area contributed by atoms with Crippen LogP contribution in [0.2, 0.25) is 0 Å². The molecular weight excluding hydrogens is 270 g/mol. The Bertz CT molecular complexity index is 640. The summed E-state index contributed by atoms with van der Waals surface area (Å²) in [5, 5.41) is 0. The zero-order valence-electron chi connectivity index (χ0n) is 11.0. The number of hydrogen-bond donors (Lipinski definition) is 1. The van der Waals surface area contributed by atoms with Crippen molar-refractivity contribution in [1.82, 2.24) is 9.97 Å². The summed E-state index contributed by atoms with van der Waals surface area (Å²) in [7, 11) is 0. The number of nitrogens with zero attached hydrogens (tertiary/aromatic N) is 2. The van der Waals surface area contributed by atoms with Crippen LogP contribution < -0.4 is 10.5 Å². The van der Waals surface area contributed by atoms with E-state index in [-0.39, 0.29) is 4.99 Å². The Labute approximate surface area is 123 Å². The van der Waals surface area contributed by atoms with Crippen LogP contribution in [0.25, 0.3) is 0 Å². The van der Waals surface area contributed by atoms with Crippen molar-refractivity contribution in [3.05, 3.63) is 47.4 Å². The predicted octanol–water partition coefficient (Wildman–Crippen LogP) is 2.78. The third kappa shape index (κ3) is 2.77. The van der Waals surface area contributed by atoms with Crippen LogP contribution in [-0.4, -0.2) is 15.0 Å². The monoisotopic (exact) mass is 285 g/mol. The lowest BCUT2D eigenvalue weighted by atomic mass is 9.92. The van der Waals surface area contributed by atoms with Gasteiger partial charge in [0.2, 0.25) is 5.88 Å². The minimum Gasteiger partial charge on any atom is -0.437 e. The summed E-state index contributed by atoms with van der Waals surface area (Å²) in [5.41, 5.74) is 8.78. The fourth-order valence-electron chi connectivity index (χ4n) is 2.39. The molecule has 1 aliphatic carbocycles.